The van der Waals surface area contributed by atoms with Crippen molar-refractivity contribution in [3.05, 3.63) is 0 Å². The molecule has 2 fully saturated rings. The molecule has 0 atom stereocenters. The minimum absolute atomic E-state index is 0.0175. The van der Waals surface area contributed by atoms with Crippen molar-refractivity contribution >= 4 is 11.8 Å². The molecule has 1 saturated carbocycles. The SMILES string of the molecule is CCC1(CC)NC(=O)CCN(C2CCC2)C1=O. The van der Waals surface area contributed by atoms with Gasteiger partial charge in [-0.15, -0.1) is 0 Å². The minimum atomic E-state index is -0.650. The van der Waals surface area contributed by atoms with Crippen molar-refractivity contribution < 1.29 is 9.59 Å². The van der Waals surface area contributed by atoms with Crippen LogP contribution in [0.5, 0.6) is 0 Å². The number of nitrogens with zero attached hydrogens (tertiary/aromatic N) is 1. The van der Waals surface area contributed by atoms with Crippen molar-refractivity contribution in [2.45, 2.75) is 64.0 Å². The van der Waals surface area contributed by atoms with Crippen molar-refractivity contribution in [1.29, 1.82) is 0 Å². The van der Waals surface area contributed by atoms with Crippen LogP contribution >= 0.6 is 0 Å². The molecule has 2 aliphatic rings. The second kappa shape index (κ2) is 4.67. The Hall–Kier alpha value is -1.06. The largest absolute Gasteiger partial charge is 0.342 e. The maximum absolute atomic E-state index is 12.6. The highest BCUT2D eigenvalue weighted by atomic mass is 16.2. The van der Waals surface area contributed by atoms with Gasteiger partial charge in [0.25, 0.3) is 0 Å². The summed E-state index contributed by atoms with van der Waals surface area (Å²) < 4.78 is 0. The van der Waals surface area contributed by atoms with E-state index in [0.29, 0.717) is 31.8 Å². The monoisotopic (exact) mass is 238 g/mol. The highest BCUT2D eigenvalue weighted by molar-refractivity contribution is 5.93. The molecule has 0 unspecified atom stereocenters. The van der Waals surface area contributed by atoms with Gasteiger partial charge < -0.3 is 10.2 Å². The van der Waals surface area contributed by atoms with E-state index in [0.717, 1.165) is 12.8 Å². The molecular weight excluding hydrogens is 216 g/mol. The summed E-state index contributed by atoms with van der Waals surface area (Å²) >= 11 is 0. The molecule has 4 heteroatoms. The third-order valence-corrected chi connectivity index (χ3v) is 4.35. The predicted octanol–water partition coefficient (Wildman–Crippen LogP) is 1.45. The van der Waals surface area contributed by atoms with Crippen LogP contribution in [0.3, 0.4) is 0 Å². The molecular formula is C13H22N2O2. The number of rotatable bonds is 3. The van der Waals surface area contributed by atoms with Crippen LogP contribution in [0.1, 0.15) is 52.4 Å². The molecule has 1 aliphatic carbocycles. The summed E-state index contributed by atoms with van der Waals surface area (Å²) in [5, 5.41) is 2.94. The topological polar surface area (TPSA) is 49.4 Å². The fourth-order valence-corrected chi connectivity index (χ4v) is 2.76. The van der Waals surface area contributed by atoms with E-state index in [-0.39, 0.29) is 11.8 Å². The number of hydrogen-bond donors (Lipinski definition) is 1. The second-order valence-corrected chi connectivity index (χ2v) is 5.17. The Bertz CT molecular complexity index is 319. The molecule has 1 saturated heterocycles. The Morgan fingerprint density at radius 2 is 1.94 bits per heavy atom. The predicted molar refractivity (Wildman–Crippen MR) is 65.4 cm³/mol. The summed E-state index contributed by atoms with van der Waals surface area (Å²) in [4.78, 5) is 26.3. The lowest BCUT2D eigenvalue weighted by Crippen LogP contribution is -2.59. The highest BCUT2D eigenvalue weighted by Crippen LogP contribution is 2.30. The molecule has 2 rings (SSSR count). The van der Waals surface area contributed by atoms with Crippen molar-refractivity contribution in [2.24, 2.45) is 0 Å². The molecule has 17 heavy (non-hydrogen) atoms. The summed E-state index contributed by atoms with van der Waals surface area (Å²) in [5.74, 6) is 0.155. The lowest BCUT2D eigenvalue weighted by Gasteiger charge is -2.41. The number of carbonyl (C=O) groups is 2. The lowest BCUT2D eigenvalue weighted by atomic mass is 9.87. The zero-order valence-corrected chi connectivity index (χ0v) is 10.8. The third kappa shape index (κ3) is 2.05. The van der Waals surface area contributed by atoms with E-state index in [1.54, 1.807) is 0 Å². The number of hydrogen-bond acceptors (Lipinski definition) is 2. The first-order chi connectivity index (χ1) is 8.13. The number of nitrogens with one attached hydrogen (secondary N) is 1. The minimum Gasteiger partial charge on any atom is -0.342 e. The van der Waals surface area contributed by atoms with Crippen molar-refractivity contribution in [3.8, 4) is 0 Å². The van der Waals surface area contributed by atoms with E-state index in [1.165, 1.54) is 6.42 Å². The van der Waals surface area contributed by atoms with Gasteiger partial charge in [0.2, 0.25) is 11.8 Å². The zero-order chi connectivity index (χ0) is 12.5. The van der Waals surface area contributed by atoms with Gasteiger partial charge in [-0.1, -0.05) is 13.8 Å². The summed E-state index contributed by atoms with van der Waals surface area (Å²) in [6.07, 6.45) is 5.21. The van der Waals surface area contributed by atoms with Crippen LogP contribution in [0.15, 0.2) is 0 Å². The van der Waals surface area contributed by atoms with E-state index in [9.17, 15) is 9.59 Å². The van der Waals surface area contributed by atoms with Gasteiger partial charge in [0, 0.05) is 19.0 Å². The van der Waals surface area contributed by atoms with Gasteiger partial charge in [0.1, 0.15) is 5.54 Å². The molecule has 0 spiro atoms. The number of amides is 2. The van der Waals surface area contributed by atoms with Gasteiger partial charge in [-0.3, -0.25) is 9.59 Å². The van der Waals surface area contributed by atoms with Crippen LogP contribution in [-0.2, 0) is 9.59 Å². The Kier molecular flexibility index (Phi) is 3.40. The van der Waals surface area contributed by atoms with Crippen LogP contribution < -0.4 is 5.32 Å². The van der Waals surface area contributed by atoms with Gasteiger partial charge >= 0.3 is 0 Å². The Morgan fingerprint density at radius 1 is 1.29 bits per heavy atom. The second-order valence-electron chi connectivity index (χ2n) is 5.17. The van der Waals surface area contributed by atoms with Gasteiger partial charge in [0.15, 0.2) is 0 Å². The van der Waals surface area contributed by atoms with Crippen LogP contribution in [0.4, 0.5) is 0 Å². The molecule has 1 N–H and O–H groups in total. The van der Waals surface area contributed by atoms with Gasteiger partial charge in [-0.05, 0) is 32.1 Å². The van der Waals surface area contributed by atoms with Crippen LogP contribution in [0, 0.1) is 0 Å². The average Bonchev–Trinajstić information content (AvgIpc) is 2.38. The molecule has 0 bridgehead atoms. The van der Waals surface area contributed by atoms with Crippen LogP contribution in [0.25, 0.3) is 0 Å². The van der Waals surface area contributed by atoms with Crippen LogP contribution in [-0.4, -0.2) is 34.8 Å². The first-order valence-corrected chi connectivity index (χ1v) is 6.75. The van der Waals surface area contributed by atoms with Crippen LogP contribution in [0.2, 0.25) is 0 Å². The highest BCUT2D eigenvalue weighted by Gasteiger charge is 2.44. The Morgan fingerprint density at radius 3 is 2.41 bits per heavy atom. The molecule has 2 amide bonds. The van der Waals surface area contributed by atoms with Crippen molar-refractivity contribution in [3.63, 3.8) is 0 Å². The summed E-state index contributed by atoms with van der Waals surface area (Å²) in [5.41, 5.74) is -0.650. The Balaban J connectivity index is 2.24. The fraction of sp³-hybridized carbons (Fsp3) is 0.846. The lowest BCUT2D eigenvalue weighted by molar-refractivity contribution is -0.142. The molecule has 4 nitrogen and oxygen atoms in total. The smallest absolute Gasteiger partial charge is 0.248 e. The molecule has 1 aliphatic heterocycles. The summed E-state index contributed by atoms with van der Waals surface area (Å²) in [6.45, 7) is 4.55. The maximum atomic E-state index is 12.6. The molecule has 96 valence electrons. The van der Waals surface area contributed by atoms with Crippen molar-refractivity contribution in [1.82, 2.24) is 10.2 Å². The molecule has 0 radical (unpaired) electrons. The third-order valence-electron chi connectivity index (χ3n) is 4.35. The first-order valence-electron chi connectivity index (χ1n) is 6.75. The van der Waals surface area contributed by atoms with Gasteiger partial charge in [0.05, 0.1) is 0 Å². The average molecular weight is 238 g/mol. The normalized spacial score (nSPS) is 25.2. The van der Waals surface area contributed by atoms with E-state index in [2.05, 4.69) is 5.32 Å². The summed E-state index contributed by atoms with van der Waals surface area (Å²) in [6, 6.07) is 0.382. The molecule has 0 aromatic rings. The number of carbonyl (C=O) groups excluding carboxylic acids is 2. The van der Waals surface area contributed by atoms with E-state index >= 15 is 0 Å². The zero-order valence-electron chi connectivity index (χ0n) is 10.8. The van der Waals surface area contributed by atoms with E-state index in [1.807, 2.05) is 18.7 Å². The van der Waals surface area contributed by atoms with Gasteiger partial charge in [-0.2, -0.15) is 0 Å². The first kappa shape index (κ1) is 12.4. The van der Waals surface area contributed by atoms with Crippen molar-refractivity contribution in [2.75, 3.05) is 6.54 Å². The molecule has 0 aromatic heterocycles. The standard InChI is InChI=1S/C13H22N2O2/c1-3-13(4-2)12(17)15(10-6-5-7-10)9-8-11(16)14-13/h10H,3-9H2,1-2H3,(H,14,16). The van der Waals surface area contributed by atoms with E-state index in [4.69, 9.17) is 0 Å². The quantitative estimate of drug-likeness (QED) is 0.809. The van der Waals surface area contributed by atoms with E-state index < -0.39 is 5.54 Å². The Labute approximate surface area is 103 Å². The summed E-state index contributed by atoms with van der Waals surface area (Å²) in [7, 11) is 0. The molecule has 0 aromatic carbocycles. The van der Waals surface area contributed by atoms with Gasteiger partial charge in [-0.25, -0.2) is 0 Å². The maximum Gasteiger partial charge on any atom is 0.248 e. The molecule has 1 heterocycles. The fourth-order valence-electron chi connectivity index (χ4n) is 2.76.